The number of nitriles is 1. The Bertz CT molecular complexity index is 828. The van der Waals surface area contributed by atoms with Gasteiger partial charge in [0.15, 0.2) is 6.61 Å². The highest BCUT2D eigenvalue weighted by molar-refractivity contribution is 7.89. The molecule has 2 N–H and O–H groups in total. The molecule has 0 unspecified atom stereocenters. The summed E-state index contributed by atoms with van der Waals surface area (Å²) >= 11 is 0. The predicted molar refractivity (Wildman–Crippen MR) is 98.9 cm³/mol. The molecule has 0 aliphatic rings. The fourth-order valence-electron chi connectivity index (χ4n) is 1.96. The van der Waals surface area contributed by atoms with Gasteiger partial charge in [0.25, 0.3) is 5.91 Å². The Labute approximate surface area is 160 Å². The lowest BCUT2D eigenvalue weighted by Crippen LogP contribution is -2.50. The minimum absolute atomic E-state index is 0.0206. The van der Waals surface area contributed by atoms with Gasteiger partial charge in [-0.05, 0) is 38.8 Å². The molecule has 0 aromatic heterocycles. The van der Waals surface area contributed by atoms with Crippen LogP contribution in [0.3, 0.4) is 0 Å². The highest BCUT2D eigenvalue weighted by Gasteiger charge is 2.30. The molecule has 27 heavy (non-hydrogen) atoms. The minimum Gasteiger partial charge on any atom is -0.454 e. The summed E-state index contributed by atoms with van der Waals surface area (Å²) in [6, 6.07) is 6.96. The molecule has 1 aromatic carbocycles. The van der Waals surface area contributed by atoms with Crippen LogP contribution in [0.2, 0.25) is 0 Å². The molecule has 8 nitrogen and oxygen atoms in total. The standard InChI is InChI=1S/C18H25N3O5S/c1-12(2)18(5,11-19)20-16(22)10-26-17(23)14(4)21-27(24,25)15-8-6-13(3)7-9-15/h6-9,12,14,21H,10H2,1-5H3,(H,20,22)/t14-,18+/m0/s1. The zero-order valence-electron chi connectivity index (χ0n) is 16.1. The van der Waals surface area contributed by atoms with Crippen molar-refractivity contribution in [1.82, 2.24) is 10.0 Å². The number of amides is 1. The third-order valence-electron chi connectivity index (χ3n) is 4.15. The molecule has 1 amide bonds. The van der Waals surface area contributed by atoms with Crippen LogP contribution in [-0.4, -0.2) is 38.5 Å². The Morgan fingerprint density at radius 1 is 1.22 bits per heavy atom. The summed E-state index contributed by atoms with van der Waals surface area (Å²) in [6.07, 6.45) is 0. The first kappa shape index (κ1) is 22.6. The SMILES string of the molecule is Cc1ccc(S(=O)(=O)N[C@@H](C)C(=O)OCC(=O)N[C@](C)(C#N)C(C)C)cc1. The molecule has 0 saturated carbocycles. The van der Waals surface area contributed by atoms with Crippen LogP contribution in [0.25, 0.3) is 0 Å². The number of carbonyl (C=O) groups is 2. The number of aryl methyl sites for hydroxylation is 1. The van der Waals surface area contributed by atoms with Gasteiger partial charge in [0.2, 0.25) is 10.0 Å². The first-order valence-electron chi connectivity index (χ1n) is 8.39. The Hall–Kier alpha value is -2.44. The summed E-state index contributed by atoms with van der Waals surface area (Å²) in [7, 11) is -3.90. The molecule has 9 heteroatoms. The van der Waals surface area contributed by atoms with Gasteiger partial charge in [0.1, 0.15) is 11.6 Å². The third kappa shape index (κ3) is 6.34. The van der Waals surface area contributed by atoms with Crippen LogP contribution in [0.1, 0.15) is 33.3 Å². The highest BCUT2D eigenvalue weighted by atomic mass is 32.2. The monoisotopic (exact) mass is 395 g/mol. The fraction of sp³-hybridized carbons (Fsp3) is 0.500. The van der Waals surface area contributed by atoms with Crippen molar-refractivity contribution in [3.05, 3.63) is 29.8 Å². The van der Waals surface area contributed by atoms with E-state index in [2.05, 4.69) is 10.0 Å². The van der Waals surface area contributed by atoms with Gasteiger partial charge in [-0.3, -0.25) is 9.59 Å². The van der Waals surface area contributed by atoms with E-state index in [1.807, 2.05) is 13.0 Å². The maximum atomic E-state index is 12.3. The summed E-state index contributed by atoms with van der Waals surface area (Å²) in [5.41, 5.74) is -0.194. The molecular formula is C18H25N3O5S. The average Bonchev–Trinajstić information content (AvgIpc) is 2.59. The summed E-state index contributed by atoms with van der Waals surface area (Å²) in [5, 5.41) is 11.7. The molecule has 0 spiro atoms. The lowest BCUT2D eigenvalue weighted by molar-refractivity contribution is -0.150. The Morgan fingerprint density at radius 2 is 1.78 bits per heavy atom. The summed E-state index contributed by atoms with van der Waals surface area (Å²) in [6.45, 7) is 7.65. The van der Waals surface area contributed by atoms with Crippen LogP contribution in [0, 0.1) is 24.2 Å². The quantitative estimate of drug-likeness (QED) is 0.638. The van der Waals surface area contributed by atoms with Gasteiger partial charge in [-0.25, -0.2) is 8.42 Å². The molecule has 0 saturated heterocycles. The van der Waals surface area contributed by atoms with E-state index in [9.17, 15) is 23.3 Å². The van der Waals surface area contributed by atoms with Crippen LogP contribution in [0.15, 0.2) is 29.2 Å². The summed E-state index contributed by atoms with van der Waals surface area (Å²) < 4.78 is 31.6. The van der Waals surface area contributed by atoms with E-state index in [0.717, 1.165) is 5.56 Å². The third-order valence-corrected chi connectivity index (χ3v) is 5.70. The lowest BCUT2D eigenvalue weighted by atomic mass is 9.90. The smallest absolute Gasteiger partial charge is 0.324 e. The van der Waals surface area contributed by atoms with Gasteiger partial charge < -0.3 is 10.1 Å². The number of nitrogens with zero attached hydrogens (tertiary/aromatic N) is 1. The van der Waals surface area contributed by atoms with Gasteiger partial charge in [-0.15, -0.1) is 0 Å². The van der Waals surface area contributed by atoms with Crippen molar-refractivity contribution in [3.63, 3.8) is 0 Å². The normalized spacial score (nSPS) is 14.7. The first-order valence-corrected chi connectivity index (χ1v) is 9.87. The second-order valence-corrected chi connectivity index (χ2v) is 8.49. The average molecular weight is 395 g/mol. The Kier molecular flexibility index (Phi) is 7.51. The zero-order chi connectivity index (χ0) is 20.8. The Morgan fingerprint density at radius 3 is 2.26 bits per heavy atom. The van der Waals surface area contributed by atoms with Crippen molar-refractivity contribution >= 4 is 21.9 Å². The molecule has 0 radical (unpaired) electrons. The number of benzene rings is 1. The largest absolute Gasteiger partial charge is 0.454 e. The fourth-order valence-corrected chi connectivity index (χ4v) is 3.15. The van der Waals surface area contributed by atoms with Crippen LogP contribution < -0.4 is 10.0 Å². The van der Waals surface area contributed by atoms with Crippen LogP contribution in [-0.2, 0) is 24.3 Å². The molecule has 1 aromatic rings. The molecule has 0 heterocycles. The van der Waals surface area contributed by atoms with Crippen molar-refractivity contribution in [2.45, 2.75) is 51.1 Å². The van der Waals surface area contributed by atoms with Crippen molar-refractivity contribution in [3.8, 4) is 6.07 Å². The van der Waals surface area contributed by atoms with Gasteiger partial charge in [-0.1, -0.05) is 31.5 Å². The van der Waals surface area contributed by atoms with Crippen LogP contribution in [0.4, 0.5) is 0 Å². The molecular weight excluding hydrogens is 370 g/mol. The van der Waals surface area contributed by atoms with Crippen molar-refractivity contribution in [2.75, 3.05) is 6.61 Å². The molecule has 0 aliphatic carbocycles. The maximum Gasteiger partial charge on any atom is 0.324 e. The van der Waals surface area contributed by atoms with Crippen molar-refractivity contribution < 1.29 is 22.7 Å². The second-order valence-electron chi connectivity index (χ2n) is 6.78. The van der Waals surface area contributed by atoms with E-state index >= 15 is 0 Å². The minimum atomic E-state index is -3.90. The van der Waals surface area contributed by atoms with E-state index in [-0.39, 0.29) is 10.8 Å². The zero-order valence-corrected chi connectivity index (χ0v) is 16.9. The van der Waals surface area contributed by atoms with E-state index in [4.69, 9.17) is 4.74 Å². The van der Waals surface area contributed by atoms with Gasteiger partial charge >= 0.3 is 5.97 Å². The number of hydrogen-bond acceptors (Lipinski definition) is 6. The summed E-state index contributed by atoms with van der Waals surface area (Å²) in [5.74, 6) is -1.69. The molecule has 1 rings (SSSR count). The van der Waals surface area contributed by atoms with E-state index in [0.29, 0.717) is 0 Å². The number of sulfonamides is 1. The molecule has 0 fully saturated rings. The molecule has 148 valence electrons. The predicted octanol–water partition coefficient (Wildman–Crippen LogP) is 1.26. The van der Waals surface area contributed by atoms with Crippen LogP contribution >= 0.6 is 0 Å². The number of ether oxygens (including phenoxy) is 1. The van der Waals surface area contributed by atoms with E-state index in [1.165, 1.54) is 19.1 Å². The van der Waals surface area contributed by atoms with Gasteiger partial charge in [0.05, 0.1) is 11.0 Å². The lowest BCUT2D eigenvalue weighted by Gasteiger charge is -2.27. The molecule has 0 bridgehead atoms. The number of nitrogens with one attached hydrogen (secondary N) is 2. The highest BCUT2D eigenvalue weighted by Crippen LogP contribution is 2.15. The summed E-state index contributed by atoms with van der Waals surface area (Å²) in [4.78, 5) is 23.9. The van der Waals surface area contributed by atoms with Gasteiger partial charge in [-0.2, -0.15) is 9.98 Å². The molecule has 2 atom stereocenters. The van der Waals surface area contributed by atoms with Crippen molar-refractivity contribution in [1.29, 1.82) is 5.26 Å². The van der Waals surface area contributed by atoms with Gasteiger partial charge in [0, 0.05) is 0 Å². The maximum absolute atomic E-state index is 12.3. The Balaban J connectivity index is 2.63. The van der Waals surface area contributed by atoms with Crippen LogP contribution in [0.5, 0.6) is 0 Å². The number of esters is 1. The second kappa shape index (κ2) is 8.97. The number of hydrogen-bond donors (Lipinski definition) is 2. The molecule has 0 aliphatic heterocycles. The van der Waals surface area contributed by atoms with Crippen molar-refractivity contribution in [2.24, 2.45) is 5.92 Å². The van der Waals surface area contributed by atoms with E-state index in [1.54, 1.807) is 32.9 Å². The number of carbonyl (C=O) groups excluding carboxylic acids is 2. The van der Waals surface area contributed by atoms with E-state index < -0.39 is 40.1 Å². The first-order chi connectivity index (χ1) is 12.4. The number of rotatable bonds is 8. The topological polar surface area (TPSA) is 125 Å².